The molecule has 1 aliphatic heterocycles. The van der Waals surface area contributed by atoms with E-state index in [0.29, 0.717) is 0 Å². The number of piperazine rings is 1. The molecule has 1 heterocycles. The van der Waals surface area contributed by atoms with Crippen LogP contribution in [0, 0.1) is 0 Å². The summed E-state index contributed by atoms with van der Waals surface area (Å²) < 4.78 is 32.1. The van der Waals surface area contributed by atoms with Gasteiger partial charge in [0.15, 0.2) is 6.61 Å². The van der Waals surface area contributed by atoms with Crippen LogP contribution in [0.2, 0.25) is 0 Å². The molecule has 2 aromatic carbocycles. The Balaban J connectivity index is 1.53. The molecule has 0 aliphatic carbocycles. The Labute approximate surface area is 169 Å². The van der Waals surface area contributed by atoms with Crippen molar-refractivity contribution in [3.8, 4) is 5.75 Å². The molecule has 29 heavy (non-hydrogen) atoms. The Morgan fingerprint density at radius 1 is 0.931 bits per heavy atom. The number of hydrogen-bond acceptors (Lipinski definition) is 5. The number of amides is 2. The van der Waals surface area contributed by atoms with Gasteiger partial charge in [-0.2, -0.15) is 4.31 Å². The van der Waals surface area contributed by atoms with Crippen molar-refractivity contribution >= 4 is 21.8 Å². The number of nitrogens with zero attached hydrogens (tertiary/aromatic N) is 2. The third-order valence-electron chi connectivity index (χ3n) is 4.68. The van der Waals surface area contributed by atoms with Crippen LogP contribution in [-0.4, -0.2) is 62.2 Å². The van der Waals surface area contributed by atoms with Crippen LogP contribution in [0.5, 0.6) is 5.75 Å². The highest BCUT2D eigenvalue weighted by Crippen LogP contribution is 2.18. The number of nitrogens with two attached hydrogens (primary N) is 1. The van der Waals surface area contributed by atoms with Crippen LogP contribution < -0.4 is 10.5 Å². The molecule has 0 aromatic heterocycles. The fraction of sp³-hybridized carbons (Fsp3) is 0.300. The molecule has 0 radical (unpaired) electrons. The first-order valence-corrected chi connectivity index (χ1v) is 10.8. The molecule has 0 saturated carbocycles. The molecule has 2 aromatic rings. The van der Waals surface area contributed by atoms with Gasteiger partial charge in [-0.05, 0) is 17.7 Å². The first-order valence-electron chi connectivity index (χ1n) is 9.18. The molecule has 1 aliphatic rings. The zero-order chi connectivity index (χ0) is 20.9. The third-order valence-corrected chi connectivity index (χ3v) is 6.53. The van der Waals surface area contributed by atoms with E-state index in [1.54, 1.807) is 47.4 Å². The Kier molecular flexibility index (Phi) is 6.50. The van der Waals surface area contributed by atoms with Gasteiger partial charge < -0.3 is 15.4 Å². The van der Waals surface area contributed by atoms with Gasteiger partial charge in [-0.15, -0.1) is 0 Å². The summed E-state index contributed by atoms with van der Waals surface area (Å²) in [5, 5.41) is 0. The number of primary amides is 1. The maximum atomic E-state index is 12.6. The van der Waals surface area contributed by atoms with Crippen molar-refractivity contribution in [1.82, 2.24) is 9.21 Å². The van der Waals surface area contributed by atoms with Gasteiger partial charge in [0, 0.05) is 26.2 Å². The van der Waals surface area contributed by atoms with Crippen molar-refractivity contribution in [1.29, 1.82) is 0 Å². The van der Waals surface area contributed by atoms with E-state index >= 15 is 0 Å². The molecule has 1 fully saturated rings. The summed E-state index contributed by atoms with van der Waals surface area (Å²) in [6, 6.07) is 15.4. The lowest BCUT2D eigenvalue weighted by molar-refractivity contribution is -0.134. The molecule has 9 heteroatoms. The molecule has 154 valence electrons. The molecule has 0 atom stereocenters. The Hall–Kier alpha value is -2.91. The predicted molar refractivity (Wildman–Crippen MR) is 108 cm³/mol. The lowest BCUT2D eigenvalue weighted by atomic mass is 10.2. The van der Waals surface area contributed by atoms with Gasteiger partial charge >= 0.3 is 0 Å². The van der Waals surface area contributed by atoms with Crippen LogP contribution in [0.4, 0.5) is 0 Å². The van der Waals surface area contributed by atoms with Gasteiger partial charge in [0.05, 0.1) is 11.3 Å². The summed E-state index contributed by atoms with van der Waals surface area (Å²) in [5.74, 6) is -0.721. The Bertz CT molecular complexity index is 971. The van der Waals surface area contributed by atoms with Crippen LogP contribution in [-0.2, 0) is 20.6 Å². The zero-order valence-corrected chi connectivity index (χ0v) is 16.7. The second kappa shape index (κ2) is 9.06. The van der Waals surface area contributed by atoms with E-state index in [4.69, 9.17) is 10.5 Å². The van der Waals surface area contributed by atoms with Crippen molar-refractivity contribution < 1.29 is 22.7 Å². The van der Waals surface area contributed by atoms with Gasteiger partial charge in [0.2, 0.25) is 10.0 Å². The van der Waals surface area contributed by atoms with Gasteiger partial charge in [0.1, 0.15) is 5.75 Å². The minimum atomic E-state index is -3.44. The smallest absolute Gasteiger partial charge is 0.260 e. The van der Waals surface area contributed by atoms with Crippen molar-refractivity contribution in [2.45, 2.75) is 5.75 Å². The molecule has 0 spiro atoms. The van der Waals surface area contributed by atoms with Crippen LogP contribution >= 0.6 is 0 Å². The molecule has 3 rings (SSSR count). The summed E-state index contributed by atoms with van der Waals surface area (Å²) in [6.07, 6.45) is 0. The van der Waals surface area contributed by atoms with Crippen molar-refractivity contribution in [2.75, 3.05) is 32.8 Å². The second-order valence-corrected chi connectivity index (χ2v) is 8.64. The maximum absolute atomic E-state index is 12.6. The van der Waals surface area contributed by atoms with Crippen LogP contribution in [0.3, 0.4) is 0 Å². The van der Waals surface area contributed by atoms with E-state index < -0.39 is 15.9 Å². The number of ether oxygens (including phenoxy) is 1. The normalized spacial score (nSPS) is 15.1. The summed E-state index contributed by atoms with van der Waals surface area (Å²) in [4.78, 5) is 25.4. The molecule has 0 unspecified atom stereocenters. The van der Waals surface area contributed by atoms with Crippen molar-refractivity contribution in [3.63, 3.8) is 0 Å². The van der Waals surface area contributed by atoms with Gasteiger partial charge in [-0.1, -0.05) is 42.5 Å². The average molecular weight is 417 g/mol. The second-order valence-electron chi connectivity index (χ2n) is 6.67. The molecule has 0 bridgehead atoms. The average Bonchev–Trinajstić information content (AvgIpc) is 2.72. The lowest BCUT2D eigenvalue weighted by Crippen LogP contribution is -2.51. The van der Waals surface area contributed by atoms with Crippen molar-refractivity contribution in [3.05, 3.63) is 65.7 Å². The van der Waals surface area contributed by atoms with Gasteiger partial charge in [0.25, 0.3) is 11.8 Å². The first kappa shape index (κ1) is 20.8. The molecule has 8 nitrogen and oxygen atoms in total. The van der Waals surface area contributed by atoms with E-state index in [1.807, 2.05) is 6.07 Å². The third kappa shape index (κ3) is 5.33. The quantitative estimate of drug-likeness (QED) is 0.718. The standard InChI is InChI=1S/C20H23N3O5S/c21-20(25)17-8-4-5-9-18(17)28-14-19(24)22-10-12-23(13-11-22)29(26,27)15-16-6-2-1-3-7-16/h1-9H,10-15H2,(H2,21,25). The molecule has 1 saturated heterocycles. The number of sulfonamides is 1. The number of benzene rings is 2. The fourth-order valence-electron chi connectivity index (χ4n) is 3.12. The van der Waals surface area contributed by atoms with Crippen LogP contribution in [0.15, 0.2) is 54.6 Å². The fourth-order valence-corrected chi connectivity index (χ4v) is 4.63. The van der Waals surface area contributed by atoms with Gasteiger partial charge in [-0.25, -0.2) is 8.42 Å². The highest BCUT2D eigenvalue weighted by Gasteiger charge is 2.29. The van der Waals surface area contributed by atoms with Crippen LogP contribution in [0.1, 0.15) is 15.9 Å². The highest BCUT2D eigenvalue weighted by atomic mass is 32.2. The number of hydrogen-bond donors (Lipinski definition) is 1. The van der Waals surface area contributed by atoms with E-state index in [-0.39, 0.29) is 55.8 Å². The number of para-hydroxylation sites is 1. The monoisotopic (exact) mass is 417 g/mol. The summed E-state index contributed by atoms with van der Waals surface area (Å²) in [6.45, 7) is 0.792. The van der Waals surface area contributed by atoms with E-state index in [1.165, 1.54) is 10.4 Å². The Morgan fingerprint density at radius 2 is 1.55 bits per heavy atom. The van der Waals surface area contributed by atoms with E-state index in [9.17, 15) is 18.0 Å². The first-order chi connectivity index (χ1) is 13.9. The summed E-state index contributed by atoms with van der Waals surface area (Å²) in [5.41, 5.74) is 6.23. The highest BCUT2D eigenvalue weighted by molar-refractivity contribution is 7.88. The number of carbonyl (C=O) groups excluding carboxylic acids is 2. The molecular weight excluding hydrogens is 394 g/mol. The van der Waals surface area contributed by atoms with Crippen LogP contribution in [0.25, 0.3) is 0 Å². The van der Waals surface area contributed by atoms with E-state index in [0.717, 1.165) is 5.56 Å². The predicted octanol–water partition coefficient (Wildman–Crippen LogP) is 0.839. The topological polar surface area (TPSA) is 110 Å². The molecule has 2 N–H and O–H groups in total. The number of carbonyl (C=O) groups is 2. The summed E-state index contributed by atoms with van der Waals surface area (Å²) in [7, 11) is -3.44. The number of rotatable bonds is 7. The van der Waals surface area contributed by atoms with E-state index in [2.05, 4.69) is 0 Å². The van der Waals surface area contributed by atoms with Crippen molar-refractivity contribution in [2.24, 2.45) is 5.73 Å². The van der Waals surface area contributed by atoms with Gasteiger partial charge in [-0.3, -0.25) is 9.59 Å². The zero-order valence-electron chi connectivity index (χ0n) is 15.9. The minimum Gasteiger partial charge on any atom is -0.483 e. The Morgan fingerprint density at radius 3 is 2.21 bits per heavy atom. The SMILES string of the molecule is NC(=O)c1ccccc1OCC(=O)N1CCN(S(=O)(=O)Cc2ccccc2)CC1. The largest absolute Gasteiger partial charge is 0.483 e. The lowest BCUT2D eigenvalue weighted by Gasteiger charge is -2.34. The molecule has 2 amide bonds. The minimum absolute atomic E-state index is 0.0607. The maximum Gasteiger partial charge on any atom is 0.260 e. The molecular formula is C20H23N3O5S. The summed E-state index contributed by atoms with van der Waals surface area (Å²) >= 11 is 0.